The van der Waals surface area contributed by atoms with Crippen LogP contribution in [0.5, 0.6) is 0 Å². The van der Waals surface area contributed by atoms with E-state index in [4.69, 9.17) is 4.42 Å². The van der Waals surface area contributed by atoms with Crippen LogP contribution < -0.4 is 10.2 Å². The fourth-order valence-corrected chi connectivity index (χ4v) is 3.91. The highest BCUT2D eigenvalue weighted by Crippen LogP contribution is 2.27. The fourth-order valence-electron chi connectivity index (χ4n) is 3.70. The maximum Gasteiger partial charge on any atom is 0.251 e. The average molecular weight is 464 g/mol. The summed E-state index contributed by atoms with van der Waals surface area (Å²) >= 11 is 3.34. The number of hydrogen-bond donors (Lipinski definition) is 1. The number of aromatic nitrogens is 3. The molecule has 1 atom stereocenters. The van der Waals surface area contributed by atoms with Crippen molar-refractivity contribution in [1.29, 1.82) is 0 Å². The van der Waals surface area contributed by atoms with Crippen molar-refractivity contribution < 1.29 is 9.21 Å². The molecule has 0 saturated carbocycles. The van der Waals surface area contributed by atoms with Crippen molar-refractivity contribution in [3.05, 3.63) is 71.3 Å². The molecule has 0 unspecified atom stereocenters. The Balaban J connectivity index is 1.26. The van der Waals surface area contributed by atoms with Crippen LogP contribution in [0.3, 0.4) is 0 Å². The number of hydrogen-bond acceptors (Lipinski definition) is 6. The zero-order valence-electron chi connectivity index (χ0n) is 16.0. The first kappa shape index (κ1) is 18.7. The standard InChI is InChI=1S/C22H18BrN5O2/c23-16-11-25-22(26-12-16)28-9-6-17(13-28)27-21(29)15-3-1-14(2-4-15)20-18-7-10-30-19(18)5-8-24-20/h1-5,7-8,10-12,17H,6,9,13H2,(H,27,29)/t17-/m0/s1. The van der Waals surface area contributed by atoms with Crippen LogP contribution in [-0.4, -0.2) is 40.0 Å². The van der Waals surface area contributed by atoms with E-state index in [1.807, 2.05) is 36.4 Å². The summed E-state index contributed by atoms with van der Waals surface area (Å²) in [5.74, 6) is 0.597. The van der Waals surface area contributed by atoms with Crippen LogP contribution in [0.15, 0.2) is 70.1 Å². The van der Waals surface area contributed by atoms with E-state index in [1.54, 1.807) is 24.9 Å². The van der Waals surface area contributed by atoms with Crippen LogP contribution in [0.4, 0.5) is 5.95 Å². The number of carbonyl (C=O) groups is 1. The van der Waals surface area contributed by atoms with Crippen molar-refractivity contribution in [1.82, 2.24) is 20.3 Å². The summed E-state index contributed by atoms with van der Waals surface area (Å²) in [7, 11) is 0. The molecule has 5 rings (SSSR count). The second-order valence-corrected chi connectivity index (χ2v) is 8.09. The van der Waals surface area contributed by atoms with Gasteiger partial charge in [0.15, 0.2) is 0 Å². The summed E-state index contributed by atoms with van der Waals surface area (Å²) in [4.78, 5) is 27.9. The van der Waals surface area contributed by atoms with Gasteiger partial charge in [0.05, 0.1) is 16.4 Å². The average Bonchev–Trinajstić information content (AvgIpc) is 3.44. The van der Waals surface area contributed by atoms with E-state index in [1.165, 1.54) is 0 Å². The fraction of sp³-hybridized carbons (Fsp3) is 0.182. The van der Waals surface area contributed by atoms with Crippen LogP contribution in [-0.2, 0) is 0 Å². The smallest absolute Gasteiger partial charge is 0.251 e. The molecule has 1 aliphatic heterocycles. The molecule has 4 aromatic rings. The Labute approximate surface area is 181 Å². The van der Waals surface area contributed by atoms with Crippen molar-refractivity contribution in [3.8, 4) is 11.3 Å². The molecular weight excluding hydrogens is 446 g/mol. The first-order chi connectivity index (χ1) is 14.7. The normalized spacial score (nSPS) is 16.2. The van der Waals surface area contributed by atoms with Crippen LogP contribution in [0.2, 0.25) is 0 Å². The van der Waals surface area contributed by atoms with Crippen LogP contribution in [0.1, 0.15) is 16.8 Å². The molecule has 0 bridgehead atoms. The third-order valence-corrected chi connectivity index (χ3v) is 5.62. The van der Waals surface area contributed by atoms with Gasteiger partial charge in [0, 0.05) is 54.2 Å². The topological polar surface area (TPSA) is 84.2 Å². The van der Waals surface area contributed by atoms with Gasteiger partial charge < -0.3 is 14.6 Å². The number of amides is 1. The molecule has 30 heavy (non-hydrogen) atoms. The predicted octanol–water partition coefficient (Wildman–Crippen LogP) is 4.06. The van der Waals surface area contributed by atoms with Crippen LogP contribution >= 0.6 is 15.9 Å². The van der Waals surface area contributed by atoms with E-state index in [-0.39, 0.29) is 11.9 Å². The van der Waals surface area contributed by atoms with Gasteiger partial charge in [0.2, 0.25) is 5.95 Å². The first-order valence-electron chi connectivity index (χ1n) is 9.63. The number of furan rings is 1. The lowest BCUT2D eigenvalue weighted by molar-refractivity contribution is 0.0940. The monoisotopic (exact) mass is 463 g/mol. The molecule has 0 radical (unpaired) electrons. The molecular formula is C22H18BrN5O2. The van der Waals surface area contributed by atoms with E-state index in [0.29, 0.717) is 18.1 Å². The van der Waals surface area contributed by atoms with Crippen molar-refractivity contribution >= 4 is 38.8 Å². The lowest BCUT2D eigenvalue weighted by atomic mass is 10.1. The number of nitrogens with zero attached hydrogens (tertiary/aromatic N) is 4. The number of carbonyl (C=O) groups excluding carboxylic acids is 1. The molecule has 150 valence electrons. The Morgan fingerprint density at radius 3 is 2.70 bits per heavy atom. The molecule has 3 aromatic heterocycles. The predicted molar refractivity (Wildman–Crippen MR) is 117 cm³/mol. The second kappa shape index (κ2) is 7.87. The Morgan fingerprint density at radius 2 is 1.90 bits per heavy atom. The summed E-state index contributed by atoms with van der Waals surface area (Å²) in [6.45, 7) is 1.50. The van der Waals surface area contributed by atoms with Crippen LogP contribution in [0.25, 0.3) is 22.2 Å². The molecule has 1 aromatic carbocycles. The summed E-state index contributed by atoms with van der Waals surface area (Å²) in [5, 5.41) is 4.07. The summed E-state index contributed by atoms with van der Waals surface area (Å²) in [5.41, 5.74) is 3.20. The molecule has 1 saturated heterocycles. The molecule has 7 nitrogen and oxygen atoms in total. The van der Waals surface area contributed by atoms with Crippen molar-refractivity contribution in [2.45, 2.75) is 12.5 Å². The van der Waals surface area contributed by atoms with Crippen molar-refractivity contribution in [2.75, 3.05) is 18.0 Å². The second-order valence-electron chi connectivity index (χ2n) is 7.18. The Hall–Kier alpha value is -3.26. The molecule has 4 heterocycles. The third-order valence-electron chi connectivity index (χ3n) is 5.21. The minimum absolute atomic E-state index is 0.0609. The lowest BCUT2D eigenvalue weighted by Gasteiger charge is -2.16. The molecule has 8 heteroatoms. The number of pyridine rings is 1. The van der Waals surface area contributed by atoms with E-state index in [9.17, 15) is 4.79 Å². The highest BCUT2D eigenvalue weighted by atomic mass is 79.9. The minimum atomic E-state index is -0.0837. The first-order valence-corrected chi connectivity index (χ1v) is 10.4. The highest BCUT2D eigenvalue weighted by Gasteiger charge is 2.26. The molecule has 1 aliphatic rings. The zero-order chi connectivity index (χ0) is 20.5. The third kappa shape index (κ3) is 3.66. The van der Waals surface area contributed by atoms with Gasteiger partial charge in [-0.2, -0.15) is 0 Å². The highest BCUT2D eigenvalue weighted by molar-refractivity contribution is 9.10. The number of halogens is 1. The van der Waals surface area contributed by atoms with Gasteiger partial charge in [-0.25, -0.2) is 9.97 Å². The Bertz CT molecular complexity index is 1190. The summed E-state index contributed by atoms with van der Waals surface area (Å²) < 4.78 is 6.29. The SMILES string of the molecule is O=C(N[C@H]1CCN(c2ncc(Br)cn2)C1)c1ccc(-c2nccc3occc23)cc1. The molecule has 1 amide bonds. The molecule has 0 spiro atoms. The van der Waals surface area contributed by atoms with Gasteiger partial charge in [0.25, 0.3) is 5.91 Å². The van der Waals surface area contributed by atoms with E-state index < -0.39 is 0 Å². The van der Waals surface area contributed by atoms with Gasteiger partial charge in [-0.05, 0) is 46.6 Å². The van der Waals surface area contributed by atoms with E-state index in [0.717, 1.165) is 39.7 Å². The molecule has 1 N–H and O–H groups in total. The maximum absolute atomic E-state index is 12.7. The number of anilines is 1. The van der Waals surface area contributed by atoms with Gasteiger partial charge in [0.1, 0.15) is 5.58 Å². The summed E-state index contributed by atoms with van der Waals surface area (Å²) in [6, 6.07) is 11.3. The van der Waals surface area contributed by atoms with Crippen molar-refractivity contribution in [3.63, 3.8) is 0 Å². The number of benzene rings is 1. The van der Waals surface area contributed by atoms with Crippen LogP contribution in [0, 0.1) is 0 Å². The van der Waals surface area contributed by atoms with Crippen molar-refractivity contribution in [2.24, 2.45) is 0 Å². The number of fused-ring (bicyclic) bond motifs is 1. The molecule has 1 fully saturated rings. The number of rotatable bonds is 4. The largest absolute Gasteiger partial charge is 0.464 e. The Kier molecular flexibility index (Phi) is 4.92. The van der Waals surface area contributed by atoms with Gasteiger partial charge in [-0.15, -0.1) is 0 Å². The van der Waals surface area contributed by atoms with E-state index >= 15 is 0 Å². The lowest BCUT2D eigenvalue weighted by Crippen LogP contribution is -2.37. The number of nitrogens with one attached hydrogen (secondary N) is 1. The molecule has 0 aliphatic carbocycles. The van der Waals surface area contributed by atoms with Gasteiger partial charge >= 0.3 is 0 Å². The maximum atomic E-state index is 12.7. The quantitative estimate of drug-likeness (QED) is 0.491. The zero-order valence-corrected chi connectivity index (χ0v) is 17.5. The summed E-state index contributed by atoms with van der Waals surface area (Å²) in [6.07, 6.45) is 7.70. The Morgan fingerprint density at radius 1 is 1.10 bits per heavy atom. The minimum Gasteiger partial charge on any atom is -0.464 e. The van der Waals surface area contributed by atoms with Gasteiger partial charge in [-0.3, -0.25) is 9.78 Å². The van der Waals surface area contributed by atoms with Gasteiger partial charge in [-0.1, -0.05) is 12.1 Å². The van der Waals surface area contributed by atoms with E-state index in [2.05, 4.69) is 41.1 Å².